The summed E-state index contributed by atoms with van der Waals surface area (Å²) in [6.07, 6.45) is 4.03. The van der Waals surface area contributed by atoms with E-state index in [1.807, 2.05) is 6.07 Å². The third-order valence-corrected chi connectivity index (χ3v) is 3.75. The molecule has 0 radical (unpaired) electrons. The first-order chi connectivity index (χ1) is 12.1. The summed E-state index contributed by atoms with van der Waals surface area (Å²) in [5.41, 5.74) is 1.98. The van der Waals surface area contributed by atoms with Crippen molar-refractivity contribution in [3.8, 4) is 6.07 Å². The highest BCUT2D eigenvalue weighted by atomic mass is 19.1. The molecule has 0 aliphatic rings. The van der Waals surface area contributed by atoms with Crippen LogP contribution in [-0.2, 0) is 11.8 Å². The summed E-state index contributed by atoms with van der Waals surface area (Å²) in [6, 6.07) is 12.7. The summed E-state index contributed by atoms with van der Waals surface area (Å²) in [6.45, 7) is 0. The fraction of sp³-hybridized carbons (Fsp3) is 0.105. The van der Waals surface area contributed by atoms with Crippen molar-refractivity contribution < 1.29 is 13.9 Å². The van der Waals surface area contributed by atoms with E-state index in [0.29, 0.717) is 16.7 Å². The first-order valence-corrected chi connectivity index (χ1v) is 7.51. The Labute approximate surface area is 143 Å². The van der Waals surface area contributed by atoms with Gasteiger partial charge in [0.1, 0.15) is 17.6 Å². The second-order valence-electron chi connectivity index (χ2n) is 5.45. The molecule has 5 nitrogen and oxygen atoms in total. The van der Waals surface area contributed by atoms with Crippen molar-refractivity contribution in [1.29, 1.82) is 5.26 Å². The Bertz CT molecular complexity index is 928. The standard InChI is InChI=1S/C19H14FN3O2/c1-23-12-13(11-21)10-17(23)19(24)25-18(15-6-8-22-9-7-15)14-2-4-16(20)5-3-14/h2-10,12,18H,1H3. The number of nitriles is 1. The van der Waals surface area contributed by atoms with E-state index in [1.54, 1.807) is 49.9 Å². The molecule has 0 spiro atoms. The minimum Gasteiger partial charge on any atom is -0.448 e. The van der Waals surface area contributed by atoms with Crippen molar-refractivity contribution in [2.24, 2.45) is 7.05 Å². The van der Waals surface area contributed by atoms with Gasteiger partial charge in [-0.25, -0.2) is 9.18 Å². The van der Waals surface area contributed by atoms with Gasteiger partial charge in [-0.1, -0.05) is 12.1 Å². The molecule has 1 aromatic carbocycles. The monoisotopic (exact) mass is 335 g/mol. The van der Waals surface area contributed by atoms with E-state index in [9.17, 15) is 9.18 Å². The maximum atomic E-state index is 13.2. The number of benzene rings is 1. The van der Waals surface area contributed by atoms with Crippen LogP contribution in [0.1, 0.15) is 33.3 Å². The molecule has 124 valence electrons. The molecule has 0 bridgehead atoms. The molecule has 0 aliphatic heterocycles. The van der Waals surface area contributed by atoms with Crippen molar-refractivity contribution in [2.45, 2.75) is 6.10 Å². The lowest BCUT2D eigenvalue weighted by Crippen LogP contribution is -2.15. The lowest BCUT2D eigenvalue weighted by atomic mass is 10.0. The minimum atomic E-state index is -0.712. The highest BCUT2D eigenvalue weighted by Gasteiger charge is 2.22. The predicted octanol–water partition coefficient (Wildman–Crippen LogP) is 3.38. The lowest BCUT2D eigenvalue weighted by molar-refractivity contribution is 0.0366. The normalized spacial score (nSPS) is 11.6. The van der Waals surface area contributed by atoms with Gasteiger partial charge in [-0.05, 0) is 35.9 Å². The number of ether oxygens (including phenoxy) is 1. The summed E-state index contributed by atoms with van der Waals surface area (Å²) in [7, 11) is 1.66. The highest BCUT2D eigenvalue weighted by Crippen LogP contribution is 2.27. The van der Waals surface area contributed by atoms with Crippen LogP contribution in [0, 0.1) is 17.1 Å². The smallest absolute Gasteiger partial charge is 0.355 e. The molecule has 0 amide bonds. The van der Waals surface area contributed by atoms with E-state index in [0.717, 1.165) is 0 Å². The SMILES string of the molecule is Cn1cc(C#N)cc1C(=O)OC(c1ccncc1)c1ccc(F)cc1. The first-order valence-electron chi connectivity index (χ1n) is 7.51. The maximum Gasteiger partial charge on any atom is 0.355 e. The third-order valence-electron chi connectivity index (χ3n) is 3.75. The third kappa shape index (κ3) is 3.56. The van der Waals surface area contributed by atoms with E-state index in [1.165, 1.54) is 22.8 Å². The number of rotatable bonds is 4. The van der Waals surface area contributed by atoms with Crippen molar-refractivity contribution >= 4 is 5.97 Å². The molecule has 6 heteroatoms. The predicted molar refractivity (Wildman–Crippen MR) is 88.0 cm³/mol. The van der Waals surface area contributed by atoms with Crippen LogP contribution in [0.4, 0.5) is 4.39 Å². The molecular weight excluding hydrogens is 321 g/mol. The summed E-state index contributed by atoms with van der Waals surface area (Å²) in [4.78, 5) is 16.5. The van der Waals surface area contributed by atoms with Crippen molar-refractivity contribution in [3.05, 3.63) is 89.3 Å². The fourth-order valence-electron chi connectivity index (χ4n) is 2.50. The number of carbonyl (C=O) groups is 1. The molecule has 2 heterocycles. The summed E-state index contributed by atoms with van der Waals surface area (Å²) in [5, 5.41) is 8.96. The van der Waals surface area contributed by atoms with Gasteiger partial charge in [-0.2, -0.15) is 5.26 Å². The van der Waals surface area contributed by atoms with E-state index < -0.39 is 12.1 Å². The number of nitrogens with zero attached hydrogens (tertiary/aromatic N) is 3. The summed E-state index contributed by atoms with van der Waals surface area (Å²) >= 11 is 0. The zero-order valence-electron chi connectivity index (χ0n) is 13.4. The molecule has 0 aliphatic carbocycles. The van der Waals surface area contributed by atoms with Crippen LogP contribution in [0.25, 0.3) is 0 Å². The zero-order valence-corrected chi connectivity index (χ0v) is 13.4. The topological polar surface area (TPSA) is 67.9 Å². The maximum absolute atomic E-state index is 13.2. The number of halogens is 1. The van der Waals surface area contributed by atoms with Gasteiger partial charge in [0.25, 0.3) is 0 Å². The Morgan fingerprint density at radius 1 is 1.20 bits per heavy atom. The number of esters is 1. The Hall–Kier alpha value is -3.46. The van der Waals surface area contributed by atoms with Crippen LogP contribution in [0.5, 0.6) is 0 Å². The zero-order chi connectivity index (χ0) is 17.8. The van der Waals surface area contributed by atoms with Crippen molar-refractivity contribution in [1.82, 2.24) is 9.55 Å². The quantitative estimate of drug-likeness (QED) is 0.686. The molecule has 25 heavy (non-hydrogen) atoms. The average molecular weight is 335 g/mol. The van der Waals surface area contributed by atoms with Gasteiger partial charge in [-0.3, -0.25) is 4.98 Å². The van der Waals surface area contributed by atoms with Gasteiger partial charge in [-0.15, -0.1) is 0 Å². The van der Waals surface area contributed by atoms with Crippen LogP contribution in [-0.4, -0.2) is 15.5 Å². The van der Waals surface area contributed by atoms with Crippen LogP contribution in [0.3, 0.4) is 0 Å². The van der Waals surface area contributed by atoms with Gasteiger partial charge < -0.3 is 9.30 Å². The number of hydrogen-bond acceptors (Lipinski definition) is 4. The molecule has 3 rings (SSSR count). The Kier molecular flexibility index (Phi) is 4.57. The molecular formula is C19H14FN3O2. The van der Waals surface area contributed by atoms with E-state index in [-0.39, 0.29) is 11.5 Å². The molecule has 0 saturated heterocycles. The number of aryl methyl sites for hydroxylation is 1. The Morgan fingerprint density at radius 3 is 2.44 bits per heavy atom. The van der Waals surface area contributed by atoms with E-state index >= 15 is 0 Å². The molecule has 3 aromatic rings. The van der Waals surface area contributed by atoms with Gasteiger partial charge in [0.05, 0.1) is 5.56 Å². The van der Waals surface area contributed by atoms with E-state index in [2.05, 4.69) is 4.98 Å². The number of aromatic nitrogens is 2. The van der Waals surface area contributed by atoms with Crippen molar-refractivity contribution in [3.63, 3.8) is 0 Å². The summed E-state index contributed by atoms with van der Waals surface area (Å²) < 4.78 is 20.4. The first kappa shape index (κ1) is 16.4. The van der Waals surface area contributed by atoms with Gasteiger partial charge >= 0.3 is 5.97 Å². The second kappa shape index (κ2) is 6.97. The Balaban J connectivity index is 1.95. The molecule has 2 aromatic heterocycles. The van der Waals surface area contributed by atoms with Gasteiger partial charge in [0.2, 0.25) is 0 Å². The highest BCUT2D eigenvalue weighted by molar-refractivity contribution is 5.88. The van der Waals surface area contributed by atoms with Crippen LogP contribution in [0.2, 0.25) is 0 Å². The van der Waals surface area contributed by atoms with Crippen LogP contribution < -0.4 is 0 Å². The number of pyridine rings is 1. The van der Waals surface area contributed by atoms with Crippen molar-refractivity contribution in [2.75, 3.05) is 0 Å². The molecule has 1 unspecified atom stereocenters. The minimum absolute atomic E-state index is 0.262. The van der Waals surface area contributed by atoms with Crippen LogP contribution >= 0.6 is 0 Å². The number of hydrogen-bond donors (Lipinski definition) is 0. The second-order valence-corrected chi connectivity index (χ2v) is 5.45. The fourth-order valence-corrected chi connectivity index (χ4v) is 2.50. The van der Waals surface area contributed by atoms with Crippen LogP contribution in [0.15, 0.2) is 61.1 Å². The average Bonchev–Trinajstić information content (AvgIpc) is 3.02. The summed E-state index contributed by atoms with van der Waals surface area (Å²) in [5.74, 6) is -0.945. The Morgan fingerprint density at radius 2 is 1.84 bits per heavy atom. The molecule has 0 N–H and O–H groups in total. The largest absolute Gasteiger partial charge is 0.448 e. The molecule has 0 saturated carbocycles. The lowest BCUT2D eigenvalue weighted by Gasteiger charge is -2.19. The molecule has 0 fully saturated rings. The van der Waals surface area contributed by atoms with Gasteiger partial charge in [0, 0.05) is 31.2 Å². The molecule has 1 atom stereocenters. The van der Waals surface area contributed by atoms with E-state index in [4.69, 9.17) is 10.00 Å². The van der Waals surface area contributed by atoms with Gasteiger partial charge in [0.15, 0.2) is 6.10 Å². The number of carbonyl (C=O) groups excluding carboxylic acids is 1.